The highest BCUT2D eigenvalue weighted by Gasteiger charge is 2.51. The number of allylic oxidation sites excluding steroid dienone is 8. The molecule has 3 aliphatic rings. The van der Waals surface area contributed by atoms with E-state index in [1.54, 1.807) is 0 Å². The molecule has 0 saturated heterocycles. The Morgan fingerprint density at radius 3 is 2.25 bits per heavy atom. The molecule has 0 saturated carbocycles. The van der Waals surface area contributed by atoms with Gasteiger partial charge in [0.2, 0.25) is 0 Å². The standard InChI is InChI=1S/C30H26N2/c31-28-15-7-14-25-26-19-21(22-9-8-18-32-20-22)16-17-27(26)30(29(25)28,23-10-3-1-4-11-23)24-12-5-2-6-13-24/h1-6,8-14,16-18,20-21H,7,15,19,31H2. The van der Waals surface area contributed by atoms with Gasteiger partial charge in [-0.2, -0.15) is 0 Å². The van der Waals surface area contributed by atoms with Crippen molar-refractivity contribution in [3.63, 3.8) is 0 Å². The molecule has 32 heavy (non-hydrogen) atoms. The third-order valence-corrected chi connectivity index (χ3v) is 7.23. The van der Waals surface area contributed by atoms with E-state index in [0.717, 1.165) is 25.0 Å². The first-order valence-corrected chi connectivity index (χ1v) is 11.4. The number of hydrogen-bond donors (Lipinski definition) is 1. The number of nitrogens with zero attached hydrogens (tertiary/aromatic N) is 1. The van der Waals surface area contributed by atoms with E-state index in [0.29, 0.717) is 5.92 Å². The number of hydrogen-bond acceptors (Lipinski definition) is 2. The molecule has 0 bridgehead atoms. The molecule has 0 radical (unpaired) electrons. The summed E-state index contributed by atoms with van der Waals surface area (Å²) in [5.41, 5.74) is 16.8. The normalized spacial score (nSPS) is 21.2. The van der Waals surface area contributed by atoms with Crippen LogP contribution in [-0.2, 0) is 5.41 Å². The van der Waals surface area contributed by atoms with Gasteiger partial charge in [0.15, 0.2) is 0 Å². The molecule has 1 heterocycles. The van der Waals surface area contributed by atoms with Crippen molar-refractivity contribution >= 4 is 0 Å². The zero-order valence-electron chi connectivity index (χ0n) is 18.0. The first-order chi connectivity index (χ1) is 15.8. The van der Waals surface area contributed by atoms with Crippen LogP contribution in [0, 0.1) is 0 Å². The maximum absolute atomic E-state index is 6.85. The minimum absolute atomic E-state index is 0.329. The van der Waals surface area contributed by atoms with Crippen molar-refractivity contribution in [3.05, 3.63) is 148 Å². The van der Waals surface area contributed by atoms with Gasteiger partial charge in [-0.15, -0.1) is 0 Å². The number of pyridine rings is 1. The highest BCUT2D eigenvalue weighted by Crippen LogP contribution is 2.60. The Bertz CT molecular complexity index is 1240. The van der Waals surface area contributed by atoms with E-state index >= 15 is 0 Å². The Kier molecular flexibility index (Phi) is 4.46. The molecule has 3 aromatic rings. The maximum atomic E-state index is 6.85. The summed E-state index contributed by atoms with van der Waals surface area (Å²) in [6, 6.07) is 26.0. The summed E-state index contributed by atoms with van der Waals surface area (Å²) in [6.45, 7) is 0. The molecule has 6 rings (SSSR count). The van der Waals surface area contributed by atoms with Gasteiger partial charge in [0.1, 0.15) is 0 Å². The first-order valence-electron chi connectivity index (χ1n) is 11.4. The van der Waals surface area contributed by atoms with E-state index in [4.69, 9.17) is 5.73 Å². The highest BCUT2D eigenvalue weighted by atomic mass is 14.6. The Morgan fingerprint density at radius 2 is 1.59 bits per heavy atom. The predicted molar refractivity (Wildman–Crippen MR) is 130 cm³/mol. The van der Waals surface area contributed by atoms with Crippen LogP contribution in [0.1, 0.15) is 41.9 Å². The third kappa shape index (κ3) is 2.69. The van der Waals surface area contributed by atoms with Crippen molar-refractivity contribution in [3.8, 4) is 0 Å². The minimum atomic E-state index is -0.370. The van der Waals surface area contributed by atoms with Gasteiger partial charge in [0.05, 0.1) is 5.41 Å². The van der Waals surface area contributed by atoms with Crippen molar-refractivity contribution in [2.45, 2.75) is 30.6 Å². The fourth-order valence-corrected chi connectivity index (χ4v) is 5.91. The second kappa shape index (κ2) is 7.49. The fraction of sp³-hybridized carbons (Fsp3) is 0.167. The molecule has 2 nitrogen and oxygen atoms in total. The first kappa shape index (κ1) is 19.1. The van der Waals surface area contributed by atoms with Gasteiger partial charge in [0.25, 0.3) is 0 Å². The van der Waals surface area contributed by atoms with E-state index in [1.807, 2.05) is 18.5 Å². The lowest BCUT2D eigenvalue weighted by Crippen LogP contribution is -2.32. The van der Waals surface area contributed by atoms with E-state index in [1.165, 1.54) is 39.0 Å². The monoisotopic (exact) mass is 414 g/mol. The average Bonchev–Trinajstić information content (AvgIpc) is 3.17. The molecule has 156 valence electrons. The predicted octanol–water partition coefficient (Wildman–Crippen LogP) is 6.35. The van der Waals surface area contributed by atoms with Crippen LogP contribution < -0.4 is 5.73 Å². The van der Waals surface area contributed by atoms with Crippen LogP contribution in [-0.4, -0.2) is 4.98 Å². The summed E-state index contributed by atoms with van der Waals surface area (Å²) in [5.74, 6) is 0.329. The van der Waals surface area contributed by atoms with E-state index < -0.39 is 0 Å². The largest absolute Gasteiger partial charge is 0.402 e. The molecule has 1 atom stereocenters. The molecular formula is C30H26N2. The zero-order chi connectivity index (χ0) is 21.5. The van der Waals surface area contributed by atoms with Gasteiger partial charge < -0.3 is 5.73 Å². The molecule has 0 spiro atoms. The Hall–Kier alpha value is -3.65. The second-order valence-electron chi connectivity index (χ2n) is 8.89. The summed E-state index contributed by atoms with van der Waals surface area (Å²) in [6.07, 6.45) is 13.9. The van der Waals surface area contributed by atoms with Gasteiger partial charge >= 0.3 is 0 Å². The van der Waals surface area contributed by atoms with Crippen LogP contribution in [0.3, 0.4) is 0 Å². The summed E-state index contributed by atoms with van der Waals surface area (Å²) in [5, 5.41) is 0. The lowest BCUT2D eigenvalue weighted by atomic mass is 9.65. The van der Waals surface area contributed by atoms with Gasteiger partial charge in [-0.05, 0) is 64.3 Å². The van der Waals surface area contributed by atoms with Crippen LogP contribution in [0.4, 0.5) is 0 Å². The van der Waals surface area contributed by atoms with Crippen molar-refractivity contribution in [2.24, 2.45) is 5.73 Å². The number of aromatic nitrogens is 1. The van der Waals surface area contributed by atoms with Gasteiger partial charge in [-0.25, -0.2) is 0 Å². The molecule has 0 aliphatic heterocycles. The van der Waals surface area contributed by atoms with Crippen molar-refractivity contribution in [2.75, 3.05) is 0 Å². The van der Waals surface area contributed by atoms with Crippen LogP contribution >= 0.6 is 0 Å². The van der Waals surface area contributed by atoms with Crippen LogP contribution in [0.15, 0.2) is 131 Å². The summed E-state index contributed by atoms with van der Waals surface area (Å²) in [7, 11) is 0. The average molecular weight is 415 g/mol. The third-order valence-electron chi connectivity index (χ3n) is 7.23. The van der Waals surface area contributed by atoms with Crippen LogP contribution in [0.2, 0.25) is 0 Å². The summed E-state index contributed by atoms with van der Waals surface area (Å²) < 4.78 is 0. The van der Waals surface area contributed by atoms with Crippen molar-refractivity contribution in [1.82, 2.24) is 4.98 Å². The van der Waals surface area contributed by atoms with E-state index in [-0.39, 0.29) is 5.41 Å². The Labute approximate surface area is 189 Å². The SMILES string of the molecule is NC1=C2C(=CCC1)C1=C(C=CC(c3cccnc3)C1)C2(c1ccccc1)c1ccccc1. The summed E-state index contributed by atoms with van der Waals surface area (Å²) >= 11 is 0. The number of nitrogens with two attached hydrogens (primary N) is 1. The number of fused-ring (bicyclic) bond motifs is 2. The topological polar surface area (TPSA) is 38.9 Å². The van der Waals surface area contributed by atoms with Gasteiger partial charge in [-0.3, -0.25) is 4.98 Å². The molecule has 3 aliphatic carbocycles. The lowest BCUT2D eigenvalue weighted by Gasteiger charge is -2.37. The Balaban J connectivity index is 1.63. The lowest BCUT2D eigenvalue weighted by molar-refractivity contribution is 0.718. The quantitative estimate of drug-likeness (QED) is 0.542. The molecule has 2 heteroatoms. The molecule has 1 unspecified atom stereocenters. The zero-order valence-corrected chi connectivity index (χ0v) is 18.0. The van der Waals surface area contributed by atoms with E-state index in [2.05, 4.69) is 89.9 Å². The molecule has 2 aromatic carbocycles. The highest BCUT2D eigenvalue weighted by molar-refractivity contribution is 5.78. The molecule has 0 fully saturated rings. The van der Waals surface area contributed by atoms with Crippen molar-refractivity contribution in [1.29, 1.82) is 0 Å². The smallest absolute Gasteiger partial charge is 0.0726 e. The van der Waals surface area contributed by atoms with E-state index in [9.17, 15) is 0 Å². The maximum Gasteiger partial charge on any atom is 0.0726 e. The van der Waals surface area contributed by atoms with Crippen molar-refractivity contribution < 1.29 is 0 Å². The van der Waals surface area contributed by atoms with Crippen LogP contribution in [0.5, 0.6) is 0 Å². The minimum Gasteiger partial charge on any atom is -0.402 e. The Morgan fingerprint density at radius 1 is 0.875 bits per heavy atom. The number of benzene rings is 2. The van der Waals surface area contributed by atoms with Crippen LogP contribution in [0.25, 0.3) is 0 Å². The molecule has 2 N–H and O–H groups in total. The summed E-state index contributed by atoms with van der Waals surface area (Å²) in [4.78, 5) is 4.37. The molecule has 0 amide bonds. The fourth-order valence-electron chi connectivity index (χ4n) is 5.91. The number of rotatable bonds is 3. The molecular weight excluding hydrogens is 388 g/mol. The van der Waals surface area contributed by atoms with Gasteiger partial charge in [-0.1, -0.05) is 85.0 Å². The second-order valence-corrected chi connectivity index (χ2v) is 8.89. The molecule has 1 aromatic heterocycles. The van der Waals surface area contributed by atoms with Gasteiger partial charge in [0, 0.05) is 24.0 Å².